The molecule has 1 aliphatic rings. The smallest absolute Gasteiger partial charge is 0.246 e. The molecular formula is C12H16F2N2O3S. The first kappa shape index (κ1) is 15.3. The highest BCUT2D eigenvalue weighted by molar-refractivity contribution is 7.89. The molecule has 0 unspecified atom stereocenters. The number of rotatable bonds is 3. The zero-order valence-electron chi connectivity index (χ0n) is 11.0. The van der Waals surface area contributed by atoms with Crippen molar-refractivity contribution in [1.82, 2.24) is 9.21 Å². The summed E-state index contributed by atoms with van der Waals surface area (Å²) in [6.07, 6.45) is 0. The molecule has 1 heterocycles. The Balaban J connectivity index is 2.41. The highest BCUT2D eigenvalue weighted by Gasteiger charge is 2.31. The quantitative estimate of drug-likeness (QED) is 0.878. The first-order valence-corrected chi connectivity index (χ1v) is 7.57. The minimum Gasteiger partial charge on any atom is -0.392 e. The normalized spacial score (nSPS) is 18.4. The number of aliphatic hydroxyl groups excluding tert-OH is 1. The van der Waals surface area contributed by atoms with Crippen molar-refractivity contribution in [2.24, 2.45) is 0 Å². The van der Waals surface area contributed by atoms with Gasteiger partial charge in [-0.1, -0.05) is 0 Å². The van der Waals surface area contributed by atoms with Crippen LogP contribution in [0.15, 0.2) is 17.0 Å². The molecule has 0 saturated carbocycles. The van der Waals surface area contributed by atoms with Gasteiger partial charge in [-0.15, -0.1) is 0 Å². The van der Waals surface area contributed by atoms with Gasteiger partial charge in [0.15, 0.2) is 11.6 Å². The van der Waals surface area contributed by atoms with Crippen molar-refractivity contribution in [3.8, 4) is 0 Å². The third-order valence-corrected chi connectivity index (χ3v) is 5.22. The fraction of sp³-hybridized carbons (Fsp3) is 0.500. The van der Waals surface area contributed by atoms with Gasteiger partial charge in [0.2, 0.25) is 10.0 Å². The van der Waals surface area contributed by atoms with E-state index in [1.54, 1.807) is 0 Å². The Hall–Kier alpha value is -1.09. The van der Waals surface area contributed by atoms with Crippen molar-refractivity contribution in [3.63, 3.8) is 0 Å². The molecule has 0 radical (unpaired) electrons. The van der Waals surface area contributed by atoms with Gasteiger partial charge in [0, 0.05) is 26.2 Å². The molecule has 8 heteroatoms. The lowest BCUT2D eigenvalue weighted by Crippen LogP contribution is -2.47. The van der Waals surface area contributed by atoms with E-state index in [0.717, 1.165) is 16.4 Å². The summed E-state index contributed by atoms with van der Waals surface area (Å²) in [5.41, 5.74) is 0.0246. The maximum absolute atomic E-state index is 13.8. The topological polar surface area (TPSA) is 60.9 Å². The monoisotopic (exact) mass is 306 g/mol. The predicted molar refractivity (Wildman–Crippen MR) is 68.5 cm³/mol. The Morgan fingerprint density at radius 1 is 1.20 bits per heavy atom. The molecule has 1 aromatic rings. The molecule has 0 aromatic heterocycles. The van der Waals surface area contributed by atoms with E-state index in [4.69, 9.17) is 5.11 Å². The molecule has 1 N–H and O–H groups in total. The average molecular weight is 306 g/mol. The van der Waals surface area contributed by atoms with Crippen LogP contribution in [0.1, 0.15) is 5.56 Å². The summed E-state index contributed by atoms with van der Waals surface area (Å²) < 4.78 is 53.0. The van der Waals surface area contributed by atoms with E-state index in [9.17, 15) is 17.2 Å². The molecule has 0 atom stereocenters. The maximum atomic E-state index is 13.8. The van der Waals surface area contributed by atoms with Gasteiger partial charge in [-0.2, -0.15) is 4.31 Å². The summed E-state index contributed by atoms with van der Waals surface area (Å²) in [4.78, 5) is 1.23. The molecule has 20 heavy (non-hydrogen) atoms. The molecule has 2 rings (SSSR count). The average Bonchev–Trinajstić information content (AvgIpc) is 2.42. The zero-order valence-corrected chi connectivity index (χ0v) is 11.8. The van der Waals surface area contributed by atoms with Crippen LogP contribution >= 0.6 is 0 Å². The molecule has 1 aliphatic heterocycles. The van der Waals surface area contributed by atoms with Crippen molar-refractivity contribution in [2.75, 3.05) is 33.2 Å². The van der Waals surface area contributed by atoms with Gasteiger partial charge in [0.1, 0.15) is 4.90 Å². The molecule has 1 aromatic carbocycles. The third-order valence-electron chi connectivity index (χ3n) is 3.32. The van der Waals surface area contributed by atoms with E-state index in [1.165, 1.54) is 0 Å². The Morgan fingerprint density at radius 3 is 2.35 bits per heavy atom. The second-order valence-corrected chi connectivity index (χ2v) is 6.66. The van der Waals surface area contributed by atoms with Gasteiger partial charge in [0.05, 0.1) is 6.61 Å². The van der Waals surface area contributed by atoms with E-state index in [-0.39, 0.29) is 18.7 Å². The summed E-state index contributed by atoms with van der Waals surface area (Å²) in [6.45, 7) is 0.959. The van der Waals surface area contributed by atoms with Crippen molar-refractivity contribution >= 4 is 10.0 Å². The van der Waals surface area contributed by atoms with E-state index >= 15 is 0 Å². The third kappa shape index (κ3) is 2.83. The van der Waals surface area contributed by atoms with E-state index in [1.807, 2.05) is 11.9 Å². The van der Waals surface area contributed by atoms with Crippen molar-refractivity contribution < 1.29 is 22.3 Å². The number of benzene rings is 1. The fourth-order valence-electron chi connectivity index (χ4n) is 2.06. The number of hydrogen-bond donors (Lipinski definition) is 1. The van der Waals surface area contributed by atoms with Crippen LogP contribution in [-0.2, 0) is 16.6 Å². The molecule has 0 spiro atoms. The number of aliphatic hydroxyl groups is 1. The van der Waals surface area contributed by atoms with Crippen LogP contribution in [0.2, 0.25) is 0 Å². The molecule has 1 saturated heterocycles. The van der Waals surface area contributed by atoms with Gasteiger partial charge in [-0.3, -0.25) is 0 Å². The van der Waals surface area contributed by atoms with Crippen molar-refractivity contribution in [2.45, 2.75) is 11.5 Å². The van der Waals surface area contributed by atoms with Gasteiger partial charge in [-0.25, -0.2) is 17.2 Å². The summed E-state index contributed by atoms with van der Waals surface area (Å²) in [5.74, 6) is -2.68. The molecule has 0 amide bonds. The van der Waals surface area contributed by atoms with Gasteiger partial charge in [0.25, 0.3) is 0 Å². The zero-order chi connectivity index (χ0) is 14.9. The van der Waals surface area contributed by atoms with Crippen LogP contribution in [0.3, 0.4) is 0 Å². The number of likely N-dealkylation sites (N-methyl/N-ethyl adjacent to an activating group) is 1. The number of sulfonamides is 1. The lowest BCUT2D eigenvalue weighted by Gasteiger charge is -2.31. The highest BCUT2D eigenvalue weighted by Crippen LogP contribution is 2.24. The summed E-state index contributed by atoms with van der Waals surface area (Å²) in [6, 6.07) is 1.77. The van der Waals surface area contributed by atoms with Gasteiger partial charge < -0.3 is 10.0 Å². The Labute approximate surface area is 116 Å². The minimum atomic E-state index is -4.09. The van der Waals surface area contributed by atoms with Crippen molar-refractivity contribution in [3.05, 3.63) is 29.3 Å². The first-order valence-electron chi connectivity index (χ1n) is 6.13. The number of piperazine rings is 1. The van der Waals surface area contributed by atoms with E-state index < -0.39 is 33.2 Å². The Morgan fingerprint density at radius 2 is 1.80 bits per heavy atom. The maximum Gasteiger partial charge on any atom is 0.246 e. The summed E-state index contributed by atoms with van der Waals surface area (Å²) in [5, 5.41) is 8.98. The Kier molecular flexibility index (Phi) is 4.38. The molecule has 0 aliphatic carbocycles. The van der Waals surface area contributed by atoms with Crippen LogP contribution < -0.4 is 0 Å². The van der Waals surface area contributed by atoms with Crippen LogP contribution in [0.5, 0.6) is 0 Å². The molecule has 5 nitrogen and oxygen atoms in total. The van der Waals surface area contributed by atoms with Crippen LogP contribution in [-0.4, -0.2) is 56.0 Å². The van der Waals surface area contributed by atoms with E-state index in [0.29, 0.717) is 13.1 Å². The first-order chi connectivity index (χ1) is 9.36. The van der Waals surface area contributed by atoms with Crippen LogP contribution in [0.4, 0.5) is 8.78 Å². The standard InChI is InChI=1S/C12H16F2N2O3S/c1-15-2-4-16(5-3-15)20(18,19)11-7-9(8-17)6-10(13)12(11)14/h6-7,17H,2-5,8H2,1H3. The van der Waals surface area contributed by atoms with Gasteiger partial charge >= 0.3 is 0 Å². The number of hydrogen-bond acceptors (Lipinski definition) is 4. The second kappa shape index (κ2) is 5.72. The summed E-state index contributed by atoms with van der Waals surface area (Å²) >= 11 is 0. The molecular weight excluding hydrogens is 290 g/mol. The second-order valence-electron chi connectivity index (χ2n) is 4.76. The lowest BCUT2D eigenvalue weighted by atomic mass is 10.2. The SMILES string of the molecule is CN1CCN(S(=O)(=O)c2cc(CO)cc(F)c2F)CC1. The Bertz CT molecular complexity index is 599. The predicted octanol–water partition coefficient (Wildman–Crippen LogP) is 0.393. The highest BCUT2D eigenvalue weighted by atomic mass is 32.2. The minimum absolute atomic E-state index is 0.0246. The molecule has 1 fully saturated rings. The molecule has 0 bridgehead atoms. The molecule has 112 valence electrons. The summed E-state index contributed by atoms with van der Waals surface area (Å²) in [7, 11) is -2.23. The lowest BCUT2D eigenvalue weighted by molar-refractivity contribution is 0.222. The van der Waals surface area contributed by atoms with Gasteiger partial charge in [-0.05, 0) is 24.7 Å². The fourth-order valence-corrected chi connectivity index (χ4v) is 3.61. The number of nitrogens with zero attached hydrogens (tertiary/aromatic N) is 2. The van der Waals surface area contributed by atoms with Crippen LogP contribution in [0, 0.1) is 11.6 Å². The van der Waals surface area contributed by atoms with Crippen LogP contribution in [0.25, 0.3) is 0 Å². The van der Waals surface area contributed by atoms with Crippen molar-refractivity contribution in [1.29, 1.82) is 0 Å². The largest absolute Gasteiger partial charge is 0.392 e. The van der Waals surface area contributed by atoms with E-state index in [2.05, 4.69) is 0 Å². The number of halogens is 2.